The van der Waals surface area contributed by atoms with Crippen LogP contribution in [0.4, 0.5) is 5.69 Å². The largest absolute Gasteiger partial charge is 0.507 e. The first-order valence-electron chi connectivity index (χ1n) is 7.90. The van der Waals surface area contributed by atoms with Gasteiger partial charge in [0.1, 0.15) is 5.75 Å². The Morgan fingerprint density at radius 3 is 2.88 bits per heavy atom. The second kappa shape index (κ2) is 6.22. The second-order valence-corrected chi connectivity index (χ2v) is 5.85. The molecular weight excluding hydrogens is 330 g/mol. The third-order valence-corrected chi connectivity index (χ3v) is 4.20. The number of rotatable bonds is 3. The number of hydrogen-bond donors (Lipinski definition) is 2. The molecule has 1 aliphatic rings. The van der Waals surface area contributed by atoms with Crippen molar-refractivity contribution in [1.29, 1.82) is 5.26 Å². The Morgan fingerprint density at radius 2 is 2.12 bits per heavy atom. The summed E-state index contributed by atoms with van der Waals surface area (Å²) in [5.41, 5.74) is 4.62. The van der Waals surface area contributed by atoms with Gasteiger partial charge in [-0.15, -0.1) is 0 Å². The van der Waals surface area contributed by atoms with E-state index in [0.29, 0.717) is 17.8 Å². The van der Waals surface area contributed by atoms with E-state index in [1.807, 2.05) is 24.3 Å². The molecule has 1 amide bonds. The SMILES string of the molecule is N#Cc1ccc(O)c(C(=O)Nc2ccc3c(c2)C(c2ccoc2)=NC3)c1. The first kappa shape index (κ1) is 15.7. The number of amides is 1. The van der Waals surface area contributed by atoms with Gasteiger partial charge in [0.15, 0.2) is 0 Å². The van der Waals surface area contributed by atoms with Crippen LogP contribution >= 0.6 is 0 Å². The van der Waals surface area contributed by atoms with Gasteiger partial charge in [-0.05, 0) is 42.0 Å². The molecular formula is C20H13N3O3. The van der Waals surface area contributed by atoms with Crippen LogP contribution in [0, 0.1) is 11.3 Å². The number of nitriles is 1. The fraction of sp³-hybridized carbons (Fsp3) is 0.0500. The minimum Gasteiger partial charge on any atom is -0.507 e. The van der Waals surface area contributed by atoms with E-state index in [1.165, 1.54) is 18.2 Å². The summed E-state index contributed by atoms with van der Waals surface area (Å²) in [4.78, 5) is 17.0. The lowest BCUT2D eigenvalue weighted by Gasteiger charge is -2.09. The predicted molar refractivity (Wildman–Crippen MR) is 95.3 cm³/mol. The van der Waals surface area contributed by atoms with E-state index in [2.05, 4.69) is 10.3 Å². The molecule has 1 aromatic heterocycles. The number of furan rings is 1. The normalized spacial score (nSPS) is 12.2. The molecule has 0 radical (unpaired) electrons. The molecule has 0 bridgehead atoms. The smallest absolute Gasteiger partial charge is 0.259 e. The number of carbonyl (C=O) groups is 1. The highest BCUT2D eigenvalue weighted by Gasteiger charge is 2.20. The van der Waals surface area contributed by atoms with E-state index in [1.54, 1.807) is 18.6 Å². The molecule has 126 valence electrons. The van der Waals surface area contributed by atoms with Crippen LogP contribution in [0.15, 0.2) is 64.4 Å². The molecule has 6 heteroatoms. The Labute approximate surface area is 149 Å². The van der Waals surface area contributed by atoms with E-state index in [0.717, 1.165) is 22.4 Å². The predicted octanol–water partition coefficient (Wildman–Crippen LogP) is 3.46. The Balaban J connectivity index is 1.63. The number of nitrogens with one attached hydrogen (secondary N) is 1. The van der Waals surface area contributed by atoms with E-state index < -0.39 is 5.91 Å². The minimum absolute atomic E-state index is 0.0493. The molecule has 0 saturated carbocycles. The molecule has 0 unspecified atom stereocenters. The maximum absolute atomic E-state index is 12.5. The Kier molecular flexibility index (Phi) is 3.75. The van der Waals surface area contributed by atoms with Crippen LogP contribution < -0.4 is 5.32 Å². The molecule has 2 N–H and O–H groups in total. The van der Waals surface area contributed by atoms with Gasteiger partial charge in [-0.2, -0.15) is 5.26 Å². The van der Waals surface area contributed by atoms with Gasteiger partial charge >= 0.3 is 0 Å². The Morgan fingerprint density at radius 1 is 1.23 bits per heavy atom. The van der Waals surface area contributed by atoms with Crippen molar-refractivity contribution in [3.8, 4) is 11.8 Å². The van der Waals surface area contributed by atoms with Crippen LogP contribution in [0.25, 0.3) is 0 Å². The van der Waals surface area contributed by atoms with Crippen molar-refractivity contribution in [2.45, 2.75) is 6.54 Å². The summed E-state index contributed by atoms with van der Waals surface area (Å²) < 4.78 is 5.12. The van der Waals surface area contributed by atoms with Gasteiger partial charge < -0.3 is 14.8 Å². The number of benzene rings is 2. The first-order valence-corrected chi connectivity index (χ1v) is 7.90. The summed E-state index contributed by atoms with van der Waals surface area (Å²) in [6, 6.07) is 13.5. The molecule has 4 rings (SSSR count). The van der Waals surface area contributed by atoms with Crippen molar-refractivity contribution in [2.75, 3.05) is 5.32 Å². The van der Waals surface area contributed by atoms with Gasteiger partial charge in [-0.1, -0.05) is 6.07 Å². The van der Waals surface area contributed by atoms with Gasteiger partial charge in [0.2, 0.25) is 0 Å². The summed E-state index contributed by atoms with van der Waals surface area (Å²) in [5.74, 6) is -0.664. The number of phenolic OH excluding ortho intramolecular Hbond substituents is 1. The van der Waals surface area contributed by atoms with Crippen molar-refractivity contribution >= 4 is 17.3 Å². The average Bonchev–Trinajstić information content (AvgIpc) is 3.31. The number of anilines is 1. The van der Waals surface area contributed by atoms with Crippen molar-refractivity contribution in [3.05, 3.63) is 82.8 Å². The summed E-state index contributed by atoms with van der Waals surface area (Å²) in [6.45, 7) is 0.578. The van der Waals surface area contributed by atoms with E-state index in [9.17, 15) is 9.90 Å². The molecule has 3 aromatic rings. The van der Waals surface area contributed by atoms with Gasteiger partial charge in [0.25, 0.3) is 5.91 Å². The molecule has 0 fully saturated rings. The number of fused-ring (bicyclic) bond motifs is 1. The lowest BCUT2D eigenvalue weighted by molar-refractivity contribution is 0.102. The summed E-state index contributed by atoms with van der Waals surface area (Å²) in [5, 5.41) is 21.6. The van der Waals surface area contributed by atoms with Crippen LogP contribution in [-0.4, -0.2) is 16.7 Å². The lowest BCUT2D eigenvalue weighted by atomic mass is 10.0. The molecule has 26 heavy (non-hydrogen) atoms. The fourth-order valence-electron chi connectivity index (χ4n) is 2.89. The zero-order valence-corrected chi connectivity index (χ0v) is 13.6. The third-order valence-electron chi connectivity index (χ3n) is 4.20. The molecule has 0 atom stereocenters. The molecule has 6 nitrogen and oxygen atoms in total. The van der Waals surface area contributed by atoms with Crippen molar-refractivity contribution in [2.24, 2.45) is 4.99 Å². The summed E-state index contributed by atoms with van der Waals surface area (Å²) in [6.07, 6.45) is 3.22. The quantitative estimate of drug-likeness (QED) is 0.761. The van der Waals surface area contributed by atoms with Crippen molar-refractivity contribution < 1.29 is 14.3 Å². The summed E-state index contributed by atoms with van der Waals surface area (Å²) >= 11 is 0. The highest BCUT2D eigenvalue weighted by atomic mass is 16.3. The zero-order chi connectivity index (χ0) is 18.1. The molecule has 0 saturated heterocycles. The lowest BCUT2D eigenvalue weighted by Crippen LogP contribution is -2.13. The number of phenols is 1. The third kappa shape index (κ3) is 2.72. The van der Waals surface area contributed by atoms with Crippen molar-refractivity contribution in [1.82, 2.24) is 0 Å². The maximum atomic E-state index is 12.5. The highest BCUT2D eigenvalue weighted by molar-refractivity contribution is 6.16. The molecule has 2 heterocycles. The second-order valence-electron chi connectivity index (χ2n) is 5.85. The van der Waals surface area contributed by atoms with E-state index >= 15 is 0 Å². The molecule has 0 aliphatic carbocycles. The molecule has 0 spiro atoms. The Hall–Kier alpha value is -3.85. The standard InChI is InChI=1S/C20H13N3O3/c21-9-12-1-4-18(24)17(7-12)20(25)23-15-3-2-13-10-22-19(16(13)8-15)14-5-6-26-11-14/h1-8,11,24H,10H2,(H,23,25). The highest BCUT2D eigenvalue weighted by Crippen LogP contribution is 2.27. The van der Waals surface area contributed by atoms with Crippen LogP contribution in [0.5, 0.6) is 5.75 Å². The van der Waals surface area contributed by atoms with Crippen LogP contribution in [-0.2, 0) is 6.54 Å². The van der Waals surface area contributed by atoms with Crippen LogP contribution in [0.1, 0.15) is 32.6 Å². The number of hydrogen-bond acceptors (Lipinski definition) is 5. The summed E-state index contributed by atoms with van der Waals surface area (Å²) in [7, 11) is 0. The molecule has 1 aliphatic heterocycles. The average molecular weight is 343 g/mol. The maximum Gasteiger partial charge on any atom is 0.259 e. The number of nitrogens with zero attached hydrogens (tertiary/aromatic N) is 2. The fourth-order valence-corrected chi connectivity index (χ4v) is 2.89. The van der Waals surface area contributed by atoms with Gasteiger partial charge in [-0.25, -0.2) is 0 Å². The number of aromatic hydroxyl groups is 1. The number of aliphatic imine (C=N–C) groups is 1. The van der Waals surface area contributed by atoms with Gasteiger partial charge in [-0.3, -0.25) is 9.79 Å². The van der Waals surface area contributed by atoms with Crippen LogP contribution in [0.3, 0.4) is 0 Å². The minimum atomic E-state index is -0.487. The van der Waals surface area contributed by atoms with Gasteiger partial charge in [0.05, 0.1) is 42.0 Å². The van der Waals surface area contributed by atoms with Crippen molar-refractivity contribution in [3.63, 3.8) is 0 Å². The first-order chi connectivity index (χ1) is 12.7. The molecule has 2 aromatic carbocycles. The van der Waals surface area contributed by atoms with E-state index in [4.69, 9.17) is 9.68 Å². The van der Waals surface area contributed by atoms with Gasteiger partial charge in [0, 0.05) is 16.8 Å². The zero-order valence-electron chi connectivity index (χ0n) is 13.6. The van der Waals surface area contributed by atoms with Crippen LogP contribution in [0.2, 0.25) is 0 Å². The Bertz CT molecular complexity index is 1080. The van der Waals surface area contributed by atoms with E-state index in [-0.39, 0.29) is 11.3 Å². The number of carbonyl (C=O) groups excluding carboxylic acids is 1. The monoisotopic (exact) mass is 343 g/mol. The topological polar surface area (TPSA) is 98.6 Å².